The molecule has 1 aromatic heterocycles. The van der Waals surface area contributed by atoms with Gasteiger partial charge < -0.3 is 10.5 Å². The highest BCUT2D eigenvalue weighted by molar-refractivity contribution is 7.09. The van der Waals surface area contributed by atoms with E-state index in [9.17, 15) is 0 Å². The van der Waals surface area contributed by atoms with E-state index in [2.05, 4.69) is 38.1 Å². The van der Waals surface area contributed by atoms with E-state index >= 15 is 0 Å². The van der Waals surface area contributed by atoms with Gasteiger partial charge in [-0.15, -0.1) is 11.3 Å². The zero-order valence-corrected chi connectivity index (χ0v) is 12.3. The average molecular weight is 256 g/mol. The predicted octanol–water partition coefficient (Wildman–Crippen LogP) is 2.94. The molecule has 0 aliphatic heterocycles. The van der Waals surface area contributed by atoms with E-state index in [1.807, 2.05) is 6.92 Å². The van der Waals surface area contributed by atoms with Crippen molar-refractivity contribution in [1.29, 1.82) is 0 Å². The first-order chi connectivity index (χ1) is 7.86. The topological polar surface area (TPSA) is 48.1 Å². The monoisotopic (exact) mass is 256 g/mol. The summed E-state index contributed by atoms with van der Waals surface area (Å²) >= 11 is 1.66. The zero-order chi connectivity index (χ0) is 13.1. The fourth-order valence-corrected chi connectivity index (χ4v) is 2.49. The third kappa shape index (κ3) is 4.05. The molecule has 0 saturated carbocycles. The normalized spacial score (nSPS) is 14.3. The highest BCUT2D eigenvalue weighted by atomic mass is 32.1. The highest BCUT2D eigenvalue weighted by Gasteiger charge is 2.24. The molecule has 1 heterocycles. The number of nitrogens with zero attached hydrogens (tertiary/aromatic N) is 1. The maximum absolute atomic E-state index is 6.06. The standard InChI is InChI=1S/C13H24N2OS/c1-6-16-13(4,5)12-15-10(8-17-12)7-11(14)9(2)3/h8-9,11H,6-7,14H2,1-5H3. The van der Waals surface area contributed by atoms with Crippen LogP contribution >= 0.6 is 11.3 Å². The molecule has 0 spiro atoms. The number of hydrogen-bond acceptors (Lipinski definition) is 4. The first-order valence-corrected chi connectivity index (χ1v) is 7.09. The maximum atomic E-state index is 6.06. The molecule has 0 amide bonds. The van der Waals surface area contributed by atoms with Gasteiger partial charge in [0.15, 0.2) is 0 Å². The fourth-order valence-electron chi connectivity index (χ4n) is 1.58. The van der Waals surface area contributed by atoms with Gasteiger partial charge in [0, 0.05) is 24.4 Å². The molecule has 17 heavy (non-hydrogen) atoms. The fraction of sp³-hybridized carbons (Fsp3) is 0.769. The van der Waals surface area contributed by atoms with Gasteiger partial charge in [-0.05, 0) is 26.7 Å². The molecule has 3 nitrogen and oxygen atoms in total. The summed E-state index contributed by atoms with van der Waals surface area (Å²) in [5.74, 6) is 0.486. The van der Waals surface area contributed by atoms with Crippen LogP contribution < -0.4 is 5.73 Å². The molecule has 0 saturated heterocycles. The van der Waals surface area contributed by atoms with Gasteiger partial charge >= 0.3 is 0 Å². The molecule has 0 aliphatic rings. The summed E-state index contributed by atoms with van der Waals surface area (Å²) in [4.78, 5) is 4.64. The van der Waals surface area contributed by atoms with Crippen LogP contribution in [0.25, 0.3) is 0 Å². The lowest BCUT2D eigenvalue weighted by Gasteiger charge is -2.21. The third-order valence-electron chi connectivity index (χ3n) is 2.87. The number of thiazole rings is 1. The van der Waals surface area contributed by atoms with Gasteiger partial charge in [0.2, 0.25) is 0 Å². The number of rotatable bonds is 6. The molecular formula is C13H24N2OS. The molecule has 1 rings (SSSR count). The van der Waals surface area contributed by atoms with E-state index in [0.717, 1.165) is 17.1 Å². The number of hydrogen-bond donors (Lipinski definition) is 1. The Kier molecular flexibility index (Phi) is 5.10. The van der Waals surface area contributed by atoms with Crippen LogP contribution in [0, 0.1) is 5.92 Å². The summed E-state index contributed by atoms with van der Waals surface area (Å²) in [6.45, 7) is 11.1. The van der Waals surface area contributed by atoms with Crippen molar-refractivity contribution in [2.24, 2.45) is 11.7 Å². The Morgan fingerprint density at radius 3 is 2.65 bits per heavy atom. The van der Waals surface area contributed by atoms with Crippen molar-refractivity contribution in [2.75, 3.05) is 6.61 Å². The van der Waals surface area contributed by atoms with Gasteiger partial charge in [-0.2, -0.15) is 0 Å². The van der Waals surface area contributed by atoms with Crippen molar-refractivity contribution < 1.29 is 4.74 Å². The first-order valence-electron chi connectivity index (χ1n) is 6.21. The summed E-state index contributed by atoms with van der Waals surface area (Å²) in [6, 6.07) is 0.181. The van der Waals surface area contributed by atoms with Crippen molar-refractivity contribution >= 4 is 11.3 Å². The smallest absolute Gasteiger partial charge is 0.124 e. The SMILES string of the molecule is CCOC(C)(C)c1nc(CC(N)C(C)C)cs1. The van der Waals surface area contributed by atoms with Crippen LogP contribution in [0.2, 0.25) is 0 Å². The number of nitrogens with two attached hydrogens (primary N) is 1. The molecule has 0 fully saturated rings. The van der Waals surface area contributed by atoms with E-state index in [0.29, 0.717) is 12.5 Å². The highest BCUT2D eigenvalue weighted by Crippen LogP contribution is 2.28. The summed E-state index contributed by atoms with van der Waals surface area (Å²) in [7, 11) is 0. The van der Waals surface area contributed by atoms with Gasteiger partial charge in [0.05, 0.1) is 5.69 Å². The Labute approximate surface area is 108 Å². The molecular weight excluding hydrogens is 232 g/mol. The molecule has 1 atom stereocenters. The minimum absolute atomic E-state index is 0.181. The Morgan fingerprint density at radius 2 is 2.12 bits per heavy atom. The van der Waals surface area contributed by atoms with Crippen LogP contribution in [0.4, 0.5) is 0 Å². The van der Waals surface area contributed by atoms with E-state index < -0.39 is 0 Å². The Morgan fingerprint density at radius 1 is 1.47 bits per heavy atom. The van der Waals surface area contributed by atoms with Gasteiger partial charge in [0.1, 0.15) is 10.6 Å². The lowest BCUT2D eigenvalue weighted by molar-refractivity contribution is -0.0142. The summed E-state index contributed by atoms with van der Waals surface area (Å²) < 4.78 is 5.70. The molecule has 0 aromatic carbocycles. The number of aromatic nitrogens is 1. The molecule has 1 unspecified atom stereocenters. The predicted molar refractivity (Wildman–Crippen MR) is 73.3 cm³/mol. The summed E-state index contributed by atoms with van der Waals surface area (Å²) in [5.41, 5.74) is 6.85. The summed E-state index contributed by atoms with van der Waals surface area (Å²) in [6.07, 6.45) is 0.844. The van der Waals surface area contributed by atoms with Crippen molar-refractivity contribution in [3.8, 4) is 0 Å². The molecule has 98 valence electrons. The first kappa shape index (κ1) is 14.6. The molecule has 4 heteroatoms. The second kappa shape index (κ2) is 5.94. The van der Waals surface area contributed by atoms with Gasteiger partial charge in [-0.1, -0.05) is 13.8 Å². The minimum Gasteiger partial charge on any atom is -0.369 e. The lowest BCUT2D eigenvalue weighted by atomic mass is 10.0. The van der Waals surface area contributed by atoms with Crippen molar-refractivity contribution in [3.05, 3.63) is 16.1 Å². The van der Waals surface area contributed by atoms with Crippen LogP contribution in [0.15, 0.2) is 5.38 Å². The molecule has 1 aromatic rings. The second-order valence-electron chi connectivity index (χ2n) is 5.20. The maximum Gasteiger partial charge on any atom is 0.124 e. The van der Waals surface area contributed by atoms with Crippen LogP contribution in [0.5, 0.6) is 0 Å². The number of ether oxygens (including phenoxy) is 1. The third-order valence-corrected chi connectivity index (χ3v) is 4.07. The van der Waals surface area contributed by atoms with Crippen molar-refractivity contribution in [1.82, 2.24) is 4.98 Å². The van der Waals surface area contributed by atoms with Gasteiger partial charge in [0.25, 0.3) is 0 Å². The van der Waals surface area contributed by atoms with Crippen molar-refractivity contribution in [2.45, 2.75) is 52.7 Å². The van der Waals surface area contributed by atoms with E-state index in [-0.39, 0.29) is 11.6 Å². The molecule has 0 bridgehead atoms. The zero-order valence-electron chi connectivity index (χ0n) is 11.5. The lowest BCUT2D eigenvalue weighted by Crippen LogP contribution is -2.29. The average Bonchev–Trinajstić information content (AvgIpc) is 2.66. The van der Waals surface area contributed by atoms with Gasteiger partial charge in [-0.3, -0.25) is 0 Å². The molecule has 2 N–H and O–H groups in total. The quantitative estimate of drug-likeness (QED) is 0.851. The van der Waals surface area contributed by atoms with Crippen LogP contribution in [-0.2, 0) is 16.8 Å². The largest absolute Gasteiger partial charge is 0.369 e. The van der Waals surface area contributed by atoms with Crippen LogP contribution in [-0.4, -0.2) is 17.6 Å². The Balaban J connectivity index is 2.71. The van der Waals surface area contributed by atoms with E-state index in [1.165, 1.54) is 0 Å². The minimum atomic E-state index is -0.292. The Hall–Kier alpha value is -0.450. The van der Waals surface area contributed by atoms with Gasteiger partial charge in [-0.25, -0.2) is 4.98 Å². The molecule has 0 radical (unpaired) electrons. The summed E-state index contributed by atoms with van der Waals surface area (Å²) in [5, 5.41) is 3.13. The second-order valence-corrected chi connectivity index (χ2v) is 6.06. The van der Waals surface area contributed by atoms with Crippen LogP contribution in [0.1, 0.15) is 45.3 Å². The molecule has 0 aliphatic carbocycles. The van der Waals surface area contributed by atoms with Crippen molar-refractivity contribution in [3.63, 3.8) is 0 Å². The van der Waals surface area contributed by atoms with E-state index in [4.69, 9.17) is 10.5 Å². The Bertz CT molecular complexity index is 347. The van der Waals surface area contributed by atoms with Crippen LogP contribution in [0.3, 0.4) is 0 Å². The van der Waals surface area contributed by atoms with E-state index in [1.54, 1.807) is 11.3 Å².